The minimum absolute atomic E-state index is 0.113. The number of hydrogen-bond donors (Lipinski definition) is 2. The van der Waals surface area contributed by atoms with Crippen LogP contribution in [0, 0.1) is 21.3 Å². The van der Waals surface area contributed by atoms with Crippen molar-refractivity contribution < 1.29 is 14.1 Å². The van der Waals surface area contributed by atoms with E-state index in [1.807, 2.05) is 0 Å². The standard InChI is InChI=1S/C13H9ClFN3O3/c14-7-1-3-11(9(5-7)13(16)17)21-12-4-2-8(15)6-10(12)18(19)20/h1-6H,(H3,16,17). The van der Waals surface area contributed by atoms with Crippen molar-refractivity contribution in [3.8, 4) is 11.5 Å². The molecule has 0 aromatic heterocycles. The van der Waals surface area contributed by atoms with Crippen molar-refractivity contribution in [1.29, 1.82) is 5.41 Å². The molecule has 0 aliphatic heterocycles. The first-order valence-electron chi connectivity index (χ1n) is 5.64. The van der Waals surface area contributed by atoms with E-state index in [1.54, 1.807) is 0 Å². The maximum Gasteiger partial charge on any atom is 0.314 e. The Labute approximate surface area is 123 Å². The molecule has 0 amide bonds. The van der Waals surface area contributed by atoms with Gasteiger partial charge in [0.2, 0.25) is 5.75 Å². The number of hydrogen-bond acceptors (Lipinski definition) is 4. The van der Waals surface area contributed by atoms with Crippen LogP contribution in [-0.4, -0.2) is 10.8 Å². The zero-order valence-corrected chi connectivity index (χ0v) is 11.2. The molecule has 0 aliphatic carbocycles. The summed E-state index contributed by atoms with van der Waals surface area (Å²) in [5.74, 6) is -1.11. The molecule has 0 saturated carbocycles. The van der Waals surface area contributed by atoms with Gasteiger partial charge in [0.05, 0.1) is 16.6 Å². The van der Waals surface area contributed by atoms with Gasteiger partial charge in [0.25, 0.3) is 0 Å². The maximum atomic E-state index is 13.1. The van der Waals surface area contributed by atoms with E-state index >= 15 is 0 Å². The van der Waals surface area contributed by atoms with Crippen LogP contribution >= 0.6 is 11.6 Å². The van der Waals surface area contributed by atoms with Crippen LogP contribution in [0.5, 0.6) is 11.5 Å². The van der Waals surface area contributed by atoms with Gasteiger partial charge in [-0.05, 0) is 30.3 Å². The Balaban J connectivity index is 2.48. The second-order valence-electron chi connectivity index (χ2n) is 4.03. The minimum atomic E-state index is -0.762. The average molecular weight is 310 g/mol. The lowest BCUT2D eigenvalue weighted by atomic mass is 10.2. The summed E-state index contributed by atoms with van der Waals surface area (Å²) >= 11 is 5.80. The Morgan fingerprint density at radius 2 is 1.95 bits per heavy atom. The topological polar surface area (TPSA) is 102 Å². The molecule has 2 aromatic carbocycles. The average Bonchev–Trinajstić information content (AvgIpc) is 2.42. The summed E-state index contributed by atoms with van der Waals surface area (Å²) in [4.78, 5) is 10.1. The highest BCUT2D eigenvalue weighted by atomic mass is 35.5. The van der Waals surface area contributed by atoms with Gasteiger partial charge < -0.3 is 10.5 Å². The second-order valence-corrected chi connectivity index (χ2v) is 4.46. The first kappa shape index (κ1) is 14.7. The van der Waals surface area contributed by atoms with Crippen molar-refractivity contribution in [2.45, 2.75) is 0 Å². The van der Waals surface area contributed by atoms with Crippen molar-refractivity contribution in [2.24, 2.45) is 5.73 Å². The molecule has 0 radical (unpaired) electrons. The molecule has 108 valence electrons. The molecular weight excluding hydrogens is 301 g/mol. The molecule has 0 fully saturated rings. The van der Waals surface area contributed by atoms with Crippen LogP contribution in [0.1, 0.15) is 5.56 Å². The Hall–Kier alpha value is -2.67. The summed E-state index contributed by atoms with van der Waals surface area (Å²) in [6.07, 6.45) is 0. The lowest BCUT2D eigenvalue weighted by Crippen LogP contribution is -2.12. The van der Waals surface area contributed by atoms with Crippen LogP contribution in [0.4, 0.5) is 10.1 Å². The highest BCUT2D eigenvalue weighted by molar-refractivity contribution is 6.31. The highest BCUT2D eigenvalue weighted by Crippen LogP contribution is 2.34. The van der Waals surface area contributed by atoms with Crippen LogP contribution < -0.4 is 10.5 Å². The summed E-state index contributed by atoms with van der Waals surface area (Å²) in [5, 5.41) is 18.7. The van der Waals surface area contributed by atoms with Gasteiger partial charge >= 0.3 is 5.69 Å². The Bertz CT molecular complexity index is 675. The molecule has 2 rings (SSSR count). The van der Waals surface area contributed by atoms with Crippen molar-refractivity contribution in [3.63, 3.8) is 0 Å². The lowest BCUT2D eigenvalue weighted by Gasteiger charge is -2.10. The fraction of sp³-hybridized carbons (Fsp3) is 0. The summed E-state index contributed by atoms with van der Waals surface area (Å²) < 4.78 is 18.5. The molecule has 0 spiro atoms. The summed E-state index contributed by atoms with van der Waals surface area (Å²) in [5.41, 5.74) is 5.06. The zero-order chi connectivity index (χ0) is 15.6. The van der Waals surface area contributed by atoms with Gasteiger partial charge in [-0.2, -0.15) is 0 Å². The summed E-state index contributed by atoms with van der Waals surface area (Å²) in [6, 6.07) is 7.22. The number of nitrogens with one attached hydrogen (secondary N) is 1. The van der Waals surface area contributed by atoms with Crippen LogP contribution in [-0.2, 0) is 0 Å². The predicted octanol–water partition coefficient (Wildman–Crippen LogP) is 3.46. The van der Waals surface area contributed by atoms with Gasteiger partial charge in [-0.15, -0.1) is 0 Å². The first-order chi connectivity index (χ1) is 9.88. The number of nitrogen functional groups attached to an aromatic ring is 1. The molecule has 6 nitrogen and oxygen atoms in total. The van der Waals surface area contributed by atoms with E-state index in [4.69, 9.17) is 27.5 Å². The third-order valence-electron chi connectivity index (χ3n) is 2.57. The van der Waals surface area contributed by atoms with E-state index in [0.29, 0.717) is 5.02 Å². The molecule has 8 heteroatoms. The predicted molar refractivity (Wildman–Crippen MR) is 75.6 cm³/mol. The largest absolute Gasteiger partial charge is 0.449 e. The normalized spacial score (nSPS) is 10.2. The molecule has 0 aliphatic rings. The smallest absolute Gasteiger partial charge is 0.314 e. The quantitative estimate of drug-likeness (QED) is 0.390. The van der Waals surface area contributed by atoms with Crippen LogP contribution in [0.3, 0.4) is 0 Å². The molecule has 0 atom stereocenters. The summed E-state index contributed by atoms with van der Waals surface area (Å²) in [7, 11) is 0. The van der Waals surface area contributed by atoms with Crippen LogP contribution in [0.15, 0.2) is 36.4 Å². The molecule has 0 bridgehead atoms. The number of ether oxygens (including phenoxy) is 1. The SMILES string of the molecule is N=C(N)c1cc(Cl)ccc1Oc1ccc(F)cc1[N+](=O)[O-]. The number of nitro benzene ring substituents is 1. The van der Waals surface area contributed by atoms with Crippen molar-refractivity contribution in [2.75, 3.05) is 0 Å². The number of amidine groups is 1. The molecule has 0 unspecified atom stereocenters. The van der Waals surface area contributed by atoms with Gasteiger partial charge in [0, 0.05) is 5.02 Å². The van der Waals surface area contributed by atoms with Crippen molar-refractivity contribution in [3.05, 3.63) is 62.9 Å². The number of nitrogens with zero attached hydrogens (tertiary/aromatic N) is 1. The van der Waals surface area contributed by atoms with E-state index in [2.05, 4.69) is 0 Å². The number of nitrogens with two attached hydrogens (primary N) is 1. The van der Waals surface area contributed by atoms with E-state index < -0.39 is 16.4 Å². The number of nitro groups is 1. The maximum absolute atomic E-state index is 13.1. The molecule has 0 heterocycles. The second kappa shape index (κ2) is 5.76. The Kier molecular flexibility index (Phi) is 4.04. The van der Waals surface area contributed by atoms with Crippen LogP contribution in [0.2, 0.25) is 5.02 Å². The first-order valence-corrected chi connectivity index (χ1v) is 6.02. The van der Waals surface area contributed by atoms with Gasteiger partial charge in [0.1, 0.15) is 17.4 Å². The van der Waals surface area contributed by atoms with Gasteiger partial charge in [-0.3, -0.25) is 15.5 Å². The number of halogens is 2. The van der Waals surface area contributed by atoms with E-state index in [9.17, 15) is 14.5 Å². The van der Waals surface area contributed by atoms with Gasteiger partial charge in [0.15, 0.2) is 0 Å². The summed E-state index contributed by atoms with van der Waals surface area (Å²) in [6.45, 7) is 0. The molecule has 21 heavy (non-hydrogen) atoms. The number of rotatable bonds is 4. The molecular formula is C13H9ClFN3O3. The van der Waals surface area contributed by atoms with Crippen molar-refractivity contribution >= 4 is 23.1 Å². The lowest BCUT2D eigenvalue weighted by molar-refractivity contribution is -0.385. The third-order valence-corrected chi connectivity index (χ3v) is 2.80. The van der Waals surface area contributed by atoms with Crippen molar-refractivity contribution in [1.82, 2.24) is 0 Å². The minimum Gasteiger partial charge on any atom is -0.449 e. The Morgan fingerprint density at radius 3 is 2.57 bits per heavy atom. The van der Waals surface area contributed by atoms with E-state index in [0.717, 1.165) is 18.2 Å². The Morgan fingerprint density at radius 1 is 1.29 bits per heavy atom. The zero-order valence-electron chi connectivity index (χ0n) is 10.5. The molecule has 0 saturated heterocycles. The van der Waals surface area contributed by atoms with Gasteiger partial charge in [-0.1, -0.05) is 11.6 Å². The van der Waals surface area contributed by atoms with E-state index in [-0.39, 0.29) is 22.9 Å². The fourth-order valence-corrected chi connectivity index (χ4v) is 1.81. The van der Waals surface area contributed by atoms with Crippen LogP contribution in [0.25, 0.3) is 0 Å². The third kappa shape index (κ3) is 3.26. The fourth-order valence-electron chi connectivity index (χ4n) is 1.64. The monoisotopic (exact) mass is 309 g/mol. The van der Waals surface area contributed by atoms with Gasteiger partial charge in [-0.25, -0.2) is 4.39 Å². The number of benzene rings is 2. The van der Waals surface area contributed by atoms with E-state index in [1.165, 1.54) is 18.2 Å². The molecule has 2 aromatic rings. The highest BCUT2D eigenvalue weighted by Gasteiger charge is 2.18. The molecule has 3 N–H and O–H groups in total.